The van der Waals surface area contributed by atoms with E-state index in [1.807, 2.05) is 0 Å². The normalized spacial score (nSPS) is 12.3. The van der Waals surface area contributed by atoms with Gasteiger partial charge in [0.15, 0.2) is 0 Å². The Morgan fingerprint density at radius 3 is 2.45 bits per heavy atom. The molecule has 2 amide bonds. The number of hydrogen-bond acceptors (Lipinski definition) is 4. The number of carbonyl (C=O) groups is 3. The van der Waals surface area contributed by atoms with E-state index in [0.29, 0.717) is 5.56 Å². The fourth-order valence-corrected chi connectivity index (χ4v) is 1.74. The first-order valence-electron chi connectivity index (χ1n) is 6.69. The maximum atomic E-state index is 11.7. The summed E-state index contributed by atoms with van der Waals surface area (Å²) in [5.41, 5.74) is 5.30. The lowest BCUT2D eigenvalue weighted by Gasteiger charge is -2.22. The van der Waals surface area contributed by atoms with Crippen molar-refractivity contribution >= 4 is 18.0 Å². The average molecular weight is 308 g/mol. The van der Waals surface area contributed by atoms with Crippen molar-refractivity contribution in [2.75, 3.05) is 0 Å². The summed E-state index contributed by atoms with van der Waals surface area (Å²) in [6.07, 6.45) is -0.804. The largest absolute Gasteiger partial charge is 0.480 e. The first kappa shape index (κ1) is 17.5. The number of rotatable bonds is 5. The van der Waals surface area contributed by atoms with Crippen LogP contribution >= 0.6 is 0 Å². The molecule has 0 aliphatic heterocycles. The van der Waals surface area contributed by atoms with Gasteiger partial charge in [-0.2, -0.15) is 0 Å². The van der Waals surface area contributed by atoms with Crippen LogP contribution in [0.2, 0.25) is 0 Å². The fraction of sp³-hybridized carbons (Fsp3) is 0.400. The SMILES string of the molecule is CC(C)(C)OC(=O)NC(Cc1cccc(C(N)=O)c1)C(=O)O. The molecule has 0 spiro atoms. The van der Waals surface area contributed by atoms with E-state index in [2.05, 4.69) is 5.32 Å². The summed E-state index contributed by atoms with van der Waals surface area (Å²) in [6.45, 7) is 5.04. The van der Waals surface area contributed by atoms with Gasteiger partial charge in [-0.25, -0.2) is 9.59 Å². The number of ether oxygens (including phenoxy) is 1. The van der Waals surface area contributed by atoms with Crippen LogP contribution in [0.3, 0.4) is 0 Å². The van der Waals surface area contributed by atoms with Crippen LogP contribution in [0.5, 0.6) is 0 Å². The van der Waals surface area contributed by atoms with Crippen molar-refractivity contribution in [3.63, 3.8) is 0 Å². The Labute approximate surface area is 128 Å². The van der Waals surface area contributed by atoms with E-state index in [0.717, 1.165) is 0 Å². The Balaban J connectivity index is 2.81. The van der Waals surface area contributed by atoms with Gasteiger partial charge in [0.05, 0.1) is 0 Å². The number of amides is 2. The maximum Gasteiger partial charge on any atom is 0.408 e. The van der Waals surface area contributed by atoms with Crippen molar-refractivity contribution < 1.29 is 24.2 Å². The Kier molecular flexibility index (Phi) is 5.50. The van der Waals surface area contributed by atoms with Gasteiger partial charge in [-0.05, 0) is 38.5 Å². The maximum absolute atomic E-state index is 11.7. The van der Waals surface area contributed by atoms with Crippen LogP contribution in [0.1, 0.15) is 36.7 Å². The summed E-state index contributed by atoms with van der Waals surface area (Å²) in [5, 5.41) is 11.5. The number of hydrogen-bond donors (Lipinski definition) is 3. The van der Waals surface area contributed by atoms with Crippen LogP contribution < -0.4 is 11.1 Å². The Hall–Kier alpha value is -2.57. The van der Waals surface area contributed by atoms with Crippen molar-refractivity contribution in [3.8, 4) is 0 Å². The van der Waals surface area contributed by atoms with E-state index in [1.165, 1.54) is 12.1 Å². The first-order chi connectivity index (χ1) is 10.1. The third-order valence-electron chi connectivity index (χ3n) is 2.64. The molecule has 0 aliphatic carbocycles. The van der Waals surface area contributed by atoms with Crippen LogP contribution in [-0.2, 0) is 16.0 Å². The van der Waals surface area contributed by atoms with E-state index in [4.69, 9.17) is 10.5 Å². The zero-order chi connectivity index (χ0) is 16.9. The van der Waals surface area contributed by atoms with Gasteiger partial charge in [0, 0.05) is 12.0 Å². The van der Waals surface area contributed by atoms with E-state index < -0.39 is 29.6 Å². The van der Waals surface area contributed by atoms with Crippen LogP contribution in [0.25, 0.3) is 0 Å². The topological polar surface area (TPSA) is 119 Å². The minimum atomic E-state index is -1.20. The van der Waals surface area contributed by atoms with Crippen molar-refractivity contribution in [3.05, 3.63) is 35.4 Å². The van der Waals surface area contributed by atoms with E-state index in [9.17, 15) is 19.5 Å². The quantitative estimate of drug-likeness (QED) is 0.757. The van der Waals surface area contributed by atoms with E-state index >= 15 is 0 Å². The molecule has 0 radical (unpaired) electrons. The predicted molar refractivity (Wildman–Crippen MR) is 79.5 cm³/mol. The van der Waals surface area contributed by atoms with Crippen LogP contribution in [0, 0.1) is 0 Å². The van der Waals surface area contributed by atoms with Crippen molar-refractivity contribution in [1.29, 1.82) is 0 Å². The van der Waals surface area contributed by atoms with E-state index in [1.54, 1.807) is 32.9 Å². The molecule has 22 heavy (non-hydrogen) atoms. The number of carboxylic acids is 1. The second-order valence-electron chi connectivity index (χ2n) is 5.81. The third-order valence-corrected chi connectivity index (χ3v) is 2.64. The minimum absolute atomic E-state index is 0.00962. The molecule has 1 aromatic rings. The molecule has 0 saturated heterocycles. The van der Waals surface area contributed by atoms with Gasteiger partial charge in [0.1, 0.15) is 11.6 Å². The molecule has 0 fully saturated rings. The van der Waals surface area contributed by atoms with E-state index in [-0.39, 0.29) is 12.0 Å². The monoisotopic (exact) mass is 308 g/mol. The molecule has 1 unspecified atom stereocenters. The van der Waals surface area contributed by atoms with Crippen molar-refractivity contribution in [2.24, 2.45) is 5.73 Å². The minimum Gasteiger partial charge on any atom is -0.480 e. The van der Waals surface area contributed by atoms with Crippen molar-refractivity contribution in [1.82, 2.24) is 5.32 Å². The molecule has 1 aromatic carbocycles. The number of benzene rings is 1. The Bertz CT molecular complexity index is 578. The molecule has 4 N–H and O–H groups in total. The molecule has 0 aromatic heterocycles. The van der Waals surface area contributed by atoms with Gasteiger partial charge < -0.3 is 20.9 Å². The zero-order valence-electron chi connectivity index (χ0n) is 12.8. The summed E-state index contributed by atoms with van der Waals surface area (Å²) in [5.74, 6) is -1.80. The van der Waals surface area contributed by atoms with Gasteiger partial charge in [0.2, 0.25) is 5.91 Å². The first-order valence-corrected chi connectivity index (χ1v) is 6.69. The molecule has 0 bridgehead atoms. The smallest absolute Gasteiger partial charge is 0.408 e. The summed E-state index contributed by atoms with van der Waals surface area (Å²) in [7, 11) is 0. The third kappa shape index (κ3) is 5.82. The average Bonchev–Trinajstić information content (AvgIpc) is 2.35. The Morgan fingerprint density at radius 2 is 1.95 bits per heavy atom. The molecule has 0 aliphatic rings. The summed E-state index contributed by atoms with van der Waals surface area (Å²) >= 11 is 0. The zero-order valence-corrected chi connectivity index (χ0v) is 12.8. The highest BCUT2D eigenvalue weighted by Crippen LogP contribution is 2.10. The summed E-state index contributed by atoms with van der Waals surface area (Å²) in [4.78, 5) is 34.1. The Morgan fingerprint density at radius 1 is 1.32 bits per heavy atom. The molecule has 0 heterocycles. The molecule has 7 nitrogen and oxygen atoms in total. The van der Waals surface area contributed by atoms with Gasteiger partial charge in [0.25, 0.3) is 0 Å². The van der Waals surface area contributed by atoms with Gasteiger partial charge in [-0.1, -0.05) is 12.1 Å². The highest BCUT2D eigenvalue weighted by Gasteiger charge is 2.24. The number of aliphatic carboxylic acids is 1. The molecular weight excluding hydrogens is 288 g/mol. The number of nitrogens with one attached hydrogen (secondary N) is 1. The lowest BCUT2D eigenvalue weighted by Crippen LogP contribution is -2.44. The lowest BCUT2D eigenvalue weighted by molar-refractivity contribution is -0.139. The standard InChI is InChI=1S/C15H20N2O5/c1-15(2,3)22-14(21)17-11(13(19)20)8-9-5-4-6-10(7-9)12(16)18/h4-7,11H,8H2,1-3H3,(H2,16,18)(H,17,21)(H,19,20). The molecule has 7 heteroatoms. The number of alkyl carbamates (subject to hydrolysis) is 1. The van der Waals surface area contributed by atoms with Crippen LogP contribution in [-0.4, -0.2) is 34.7 Å². The number of carbonyl (C=O) groups excluding carboxylic acids is 2. The molecule has 0 saturated carbocycles. The number of carboxylic acid groups (broad SMARTS) is 1. The van der Waals surface area contributed by atoms with Crippen LogP contribution in [0.4, 0.5) is 4.79 Å². The second kappa shape index (κ2) is 6.93. The molecule has 1 rings (SSSR count). The lowest BCUT2D eigenvalue weighted by atomic mass is 10.0. The molecule has 120 valence electrons. The number of primary amides is 1. The fourth-order valence-electron chi connectivity index (χ4n) is 1.74. The number of nitrogens with two attached hydrogens (primary N) is 1. The van der Waals surface area contributed by atoms with Gasteiger partial charge in [-0.15, -0.1) is 0 Å². The highest BCUT2D eigenvalue weighted by molar-refractivity contribution is 5.93. The second-order valence-corrected chi connectivity index (χ2v) is 5.81. The van der Waals surface area contributed by atoms with Gasteiger partial charge in [-0.3, -0.25) is 4.79 Å². The predicted octanol–water partition coefficient (Wildman–Crippen LogP) is 1.31. The van der Waals surface area contributed by atoms with Crippen LogP contribution in [0.15, 0.2) is 24.3 Å². The molecular formula is C15H20N2O5. The summed E-state index contributed by atoms with van der Waals surface area (Å²) < 4.78 is 5.03. The highest BCUT2D eigenvalue weighted by atomic mass is 16.6. The van der Waals surface area contributed by atoms with Gasteiger partial charge >= 0.3 is 12.1 Å². The van der Waals surface area contributed by atoms with Crippen molar-refractivity contribution in [2.45, 2.75) is 38.8 Å². The molecule has 1 atom stereocenters. The summed E-state index contributed by atoms with van der Waals surface area (Å²) in [6, 6.07) is 5.11.